The summed E-state index contributed by atoms with van der Waals surface area (Å²) in [6.45, 7) is 3.95. The van der Waals surface area contributed by atoms with Crippen LogP contribution in [0.3, 0.4) is 0 Å². The molecule has 2 atom stereocenters. The topological polar surface area (TPSA) is 80.0 Å². The van der Waals surface area contributed by atoms with Crippen molar-refractivity contribution in [1.29, 1.82) is 0 Å². The minimum Gasteiger partial charge on any atom is -0.346 e. The number of halogens is 1. The molecule has 2 aromatic rings. The highest BCUT2D eigenvalue weighted by molar-refractivity contribution is 5.85. The molecule has 0 aliphatic carbocycles. The molecule has 7 heteroatoms. The van der Waals surface area contributed by atoms with Crippen molar-refractivity contribution in [3.63, 3.8) is 0 Å². The maximum absolute atomic E-state index is 12.0. The number of amides is 1. The zero-order valence-corrected chi connectivity index (χ0v) is 14.5. The third-order valence-corrected chi connectivity index (χ3v) is 4.17. The molecule has 0 radical (unpaired) electrons. The largest absolute Gasteiger partial charge is 0.346 e. The average Bonchev–Trinajstić information content (AvgIpc) is 3.25. The number of nitrogens with zero attached hydrogens (tertiary/aromatic N) is 2. The fraction of sp³-hybridized carbons (Fsp3) is 0.471. The molecule has 24 heavy (non-hydrogen) atoms. The Hall–Kier alpha value is -1.92. The van der Waals surface area contributed by atoms with E-state index in [2.05, 4.69) is 20.8 Å². The fourth-order valence-electron chi connectivity index (χ4n) is 2.78. The highest BCUT2D eigenvalue weighted by Crippen LogP contribution is 2.19. The molecule has 6 nitrogen and oxygen atoms in total. The van der Waals surface area contributed by atoms with Gasteiger partial charge in [0.2, 0.25) is 5.91 Å². The van der Waals surface area contributed by atoms with Gasteiger partial charge in [0.15, 0.2) is 5.82 Å². The molecule has 2 N–H and O–H groups in total. The molecule has 1 amide bonds. The smallest absolute Gasteiger partial charge is 0.257 e. The van der Waals surface area contributed by atoms with Gasteiger partial charge in [-0.1, -0.05) is 23.4 Å². The molecular weight excluding hydrogens is 328 g/mol. The first-order chi connectivity index (χ1) is 11.2. The van der Waals surface area contributed by atoms with E-state index < -0.39 is 0 Å². The van der Waals surface area contributed by atoms with Gasteiger partial charge in [-0.2, -0.15) is 4.98 Å². The molecule has 2 unspecified atom stereocenters. The number of aromatic nitrogens is 2. The predicted octanol–water partition coefficient (Wildman–Crippen LogP) is 2.73. The van der Waals surface area contributed by atoms with E-state index in [1.807, 2.05) is 37.3 Å². The van der Waals surface area contributed by atoms with E-state index in [4.69, 9.17) is 4.52 Å². The van der Waals surface area contributed by atoms with Crippen LogP contribution in [-0.4, -0.2) is 29.1 Å². The molecule has 1 saturated heterocycles. The van der Waals surface area contributed by atoms with Crippen molar-refractivity contribution >= 4 is 18.3 Å². The van der Waals surface area contributed by atoms with Crippen molar-refractivity contribution in [3.05, 3.63) is 36.2 Å². The van der Waals surface area contributed by atoms with Crippen LogP contribution in [0.5, 0.6) is 0 Å². The SMILES string of the molecule is CC(NC(=O)CCC1CCNC1)c1noc(-c2ccccc2)n1.Cl. The van der Waals surface area contributed by atoms with Crippen molar-refractivity contribution in [3.8, 4) is 11.5 Å². The van der Waals surface area contributed by atoms with Crippen molar-refractivity contribution in [2.75, 3.05) is 13.1 Å². The van der Waals surface area contributed by atoms with Crippen LogP contribution in [0.4, 0.5) is 0 Å². The second-order valence-electron chi connectivity index (χ2n) is 6.01. The van der Waals surface area contributed by atoms with E-state index in [1.165, 1.54) is 0 Å². The summed E-state index contributed by atoms with van der Waals surface area (Å²) in [4.78, 5) is 16.4. The van der Waals surface area contributed by atoms with Gasteiger partial charge in [-0.3, -0.25) is 4.79 Å². The van der Waals surface area contributed by atoms with Crippen LogP contribution >= 0.6 is 12.4 Å². The van der Waals surface area contributed by atoms with E-state index in [-0.39, 0.29) is 24.4 Å². The van der Waals surface area contributed by atoms with Crippen LogP contribution in [0.1, 0.15) is 38.1 Å². The minimum atomic E-state index is -0.259. The molecule has 1 aromatic heterocycles. The number of hydrogen-bond donors (Lipinski definition) is 2. The summed E-state index contributed by atoms with van der Waals surface area (Å²) < 4.78 is 5.27. The first-order valence-electron chi connectivity index (χ1n) is 8.11. The van der Waals surface area contributed by atoms with Crippen molar-refractivity contribution in [2.24, 2.45) is 5.92 Å². The van der Waals surface area contributed by atoms with Gasteiger partial charge < -0.3 is 15.2 Å². The Morgan fingerprint density at radius 1 is 1.42 bits per heavy atom. The monoisotopic (exact) mass is 350 g/mol. The van der Waals surface area contributed by atoms with Gasteiger partial charge in [-0.15, -0.1) is 12.4 Å². The van der Waals surface area contributed by atoms with Gasteiger partial charge in [-0.05, 0) is 50.9 Å². The van der Waals surface area contributed by atoms with Crippen LogP contribution in [0.2, 0.25) is 0 Å². The van der Waals surface area contributed by atoms with Gasteiger partial charge in [0.05, 0.1) is 6.04 Å². The Kier molecular flexibility index (Phi) is 6.75. The number of carbonyl (C=O) groups excluding carboxylic acids is 1. The summed E-state index contributed by atoms with van der Waals surface area (Å²) in [5.74, 6) is 1.62. The molecule has 0 spiro atoms. The molecule has 1 aliphatic heterocycles. The number of nitrogens with one attached hydrogen (secondary N) is 2. The number of benzene rings is 1. The number of hydrogen-bond acceptors (Lipinski definition) is 5. The van der Waals surface area contributed by atoms with Gasteiger partial charge in [0.1, 0.15) is 0 Å². The first kappa shape index (κ1) is 18.4. The minimum absolute atomic E-state index is 0. The molecule has 0 saturated carbocycles. The molecule has 0 bridgehead atoms. The highest BCUT2D eigenvalue weighted by atomic mass is 35.5. The van der Waals surface area contributed by atoms with E-state index in [1.54, 1.807) is 0 Å². The molecule has 1 aromatic carbocycles. The third kappa shape index (κ3) is 4.79. The summed E-state index contributed by atoms with van der Waals surface area (Å²) in [6.07, 6.45) is 2.63. The summed E-state index contributed by atoms with van der Waals surface area (Å²) in [5.41, 5.74) is 0.874. The third-order valence-electron chi connectivity index (χ3n) is 4.17. The maximum atomic E-state index is 12.0. The zero-order valence-electron chi connectivity index (χ0n) is 13.7. The normalized spacial score (nSPS) is 18.0. The van der Waals surface area contributed by atoms with E-state index in [9.17, 15) is 4.79 Å². The number of rotatable bonds is 6. The molecule has 1 fully saturated rings. The van der Waals surface area contributed by atoms with Crippen LogP contribution in [0, 0.1) is 5.92 Å². The Morgan fingerprint density at radius 2 is 2.21 bits per heavy atom. The quantitative estimate of drug-likeness (QED) is 0.837. The summed E-state index contributed by atoms with van der Waals surface area (Å²) in [6, 6.07) is 9.34. The summed E-state index contributed by atoms with van der Waals surface area (Å²) in [5, 5.41) is 10.2. The van der Waals surface area contributed by atoms with Crippen LogP contribution < -0.4 is 10.6 Å². The Morgan fingerprint density at radius 3 is 2.92 bits per heavy atom. The van der Waals surface area contributed by atoms with E-state index in [0.29, 0.717) is 24.1 Å². The van der Waals surface area contributed by atoms with Crippen LogP contribution in [0.15, 0.2) is 34.9 Å². The van der Waals surface area contributed by atoms with Gasteiger partial charge in [0.25, 0.3) is 5.89 Å². The lowest BCUT2D eigenvalue weighted by Crippen LogP contribution is -2.27. The molecular formula is C17H23ClN4O2. The Bertz CT molecular complexity index is 641. The van der Waals surface area contributed by atoms with Crippen molar-refractivity contribution in [1.82, 2.24) is 20.8 Å². The zero-order chi connectivity index (χ0) is 16.1. The first-order valence-corrected chi connectivity index (χ1v) is 8.11. The molecule has 1 aliphatic rings. The molecule has 3 rings (SSSR count). The van der Waals surface area contributed by atoms with Gasteiger partial charge >= 0.3 is 0 Å². The maximum Gasteiger partial charge on any atom is 0.257 e. The Labute approximate surface area is 147 Å². The lowest BCUT2D eigenvalue weighted by Gasteiger charge is -2.11. The van der Waals surface area contributed by atoms with Crippen LogP contribution in [-0.2, 0) is 4.79 Å². The van der Waals surface area contributed by atoms with Gasteiger partial charge in [0, 0.05) is 12.0 Å². The van der Waals surface area contributed by atoms with Crippen LogP contribution in [0.25, 0.3) is 11.5 Å². The second kappa shape index (κ2) is 8.80. The molecule has 130 valence electrons. The second-order valence-corrected chi connectivity index (χ2v) is 6.01. The Balaban J connectivity index is 0.00000208. The fourth-order valence-corrected chi connectivity index (χ4v) is 2.78. The molecule has 2 heterocycles. The van der Waals surface area contributed by atoms with E-state index in [0.717, 1.165) is 31.5 Å². The van der Waals surface area contributed by atoms with E-state index >= 15 is 0 Å². The summed E-state index contributed by atoms with van der Waals surface area (Å²) >= 11 is 0. The van der Waals surface area contributed by atoms with Gasteiger partial charge in [-0.25, -0.2) is 0 Å². The average molecular weight is 351 g/mol. The predicted molar refractivity (Wildman–Crippen MR) is 93.8 cm³/mol. The summed E-state index contributed by atoms with van der Waals surface area (Å²) in [7, 11) is 0. The lowest BCUT2D eigenvalue weighted by molar-refractivity contribution is -0.122. The van der Waals surface area contributed by atoms with Crippen molar-refractivity contribution in [2.45, 2.75) is 32.2 Å². The standard InChI is InChI=1S/C17H22N4O2.ClH/c1-12(19-15(22)8-7-13-9-10-18-11-13)16-20-17(23-21-16)14-5-3-2-4-6-14;/h2-6,12-13,18H,7-11H2,1H3,(H,19,22);1H. The number of carbonyl (C=O) groups is 1. The van der Waals surface area contributed by atoms with Crippen molar-refractivity contribution < 1.29 is 9.32 Å². The lowest BCUT2D eigenvalue weighted by atomic mass is 10.0. The highest BCUT2D eigenvalue weighted by Gasteiger charge is 2.19.